The number of rotatable bonds is 3. The molecule has 1 saturated carbocycles. The lowest BCUT2D eigenvalue weighted by Gasteiger charge is -2.38. The number of aryl methyl sites for hydroxylation is 1. The molecule has 1 N–H and O–H groups in total. The van der Waals surface area contributed by atoms with Crippen molar-refractivity contribution in [3.05, 3.63) is 35.8 Å². The Balaban J connectivity index is 1.34. The molecule has 0 radical (unpaired) electrons. The Hall–Kier alpha value is -2.04. The second kappa shape index (κ2) is 6.11. The third kappa shape index (κ3) is 2.76. The quantitative estimate of drug-likeness (QED) is 0.697. The lowest BCUT2D eigenvalue weighted by atomic mass is 9.68. The number of aromatic nitrogens is 2. The minimum absolute atomic E-state index is 0.608. The van der Waals surface area contributed by atoms with E-state index in [0.29, 0.717) is 5.41 Å². The van der Waals surface area contributed by atoms with Crippen molar-refractivity contribution in [1.29, 1.82) is 0 Å². The van der Waals surface area contributed by atoms with E-state index in [2.05, 4.69) is 51.1 Å². The number of aliphatic imine (C=N–C) groups is 1. The fourth-order valence-corrected chi connectivity index (χ4v) is 4.16. The summed E-state index contributed by atoms with van der Waals surface area (Å²) < 4.78 is 2.11. The maximum absolute atomic E-state index is 4.75. The van der Waals surface area contributed by atoms with Gasteiger partial charge in [0.1, 0.15) is 5.65 Å². The van der Waals surface area contributed by atoms with Gasteiger partial charge in [-0.15, -0.1) is 0 Å². The summed E-state index contributed by atoms with van der Waals surface area (Å²) >= 11 is 0. The molecule has 0 aromatic carbocycles. The Kier molecular flexibility index (Phi) is 3.94. The standard InChI is InChI=1S/C19H27N5/c1-15-5-3-11-23-13-16(22-17(15)23)6-10-21-18(20-2)24-12-9-19(14-24)7-4-8-19/h3,5,11,13H,4,6-10,12,14H2,1-2H3,(H,20,21). The molecule has 2 aliphatic rings. The first-order valence-electron chi connectivity index (χ1n) is 9.08. The van der Waals surface area contributed by atoms with Crippen LogP contribution in [-0.2, 0) is 6.42 Å². The van der Waals surface area contributed by atoms with Crippen LogP contribution in [0.1, 0.15) is 36.9 Å². The summed E-state index contributed by atoms with van der Waals surface area (Å²) in [4.78, 5) is 11.7. The second-order valence-corrected chi connectivity index (χ2v) is 7.40. The van der Waals surface area contributed by atoms with Gasteiger partial charge in [-0.05, 0) is 43.2 Å². The predicted molar refractivity (Wildman–Crippen MR) is 97.5 cm³/mol. The van der Waals surface area contributed by atoms with Gasteiger partial charge in [0.25, 0.3) is 0 Å². The molecule has 0 atom stereocenters. The highest BCUT2D eigenvalue weighted by atomic mass is 15.3. The Labute approximate surface area is 143 Å². The summed E-state index contributed by atoms with van der Waals surface area (Å²) in [6.07, 6.45) is 10.7. The number of pyridine rings is 1. The van der Waals surface area contributed by atoms with Crippen molar-refractivity contribution in [2.24, 2.45) is 10.4 Å². The van der Waals surface area contributed by atoms with E-state index in [1.54, 1.807) is 0 Å². The van der Waals surface area contributed by atoms with E-state index in [1.807, 2.05) is 7.05 Å². The molecule has 2 aromatic heterocycles. The summed E-state index contributed by atoms with van der Waals surface area (Å²) in [6, 6.07) is 4.17. The van der Waals surface area contributed by atoms with E-state index in [1.165, 1.54) is 37.8 Å². The van der Waals surface area contributed by atoms with Crippen LogP contribution in [0.5, 0.6) is 0 Å². The monoisotopic (exact) mass is 325 g/mol. The van der Waals surface area contributed by atoms with Crippen LogP contribution in [0, 0.1) is 12.3 Å². The van der Waals surface area contributed by atoms with Crippen LogP contribution >= 0.6 is 0 Å². The maximum Gasteiger partial charge on any atom is 0.193 e. The number of imidazole rings is 1. The Morgan fingerprint density at radius 2 is 2.25 bits per heavy atom. The first-order chi connectivity index (χ1) is 11.7. The molecule has 1 saturated heterocycles. The van der Waals surface area contributed by atoms with Gasteiger partial charge in [0, 0.05) is 45.5 Å². The molecule has 0 amide bonds. The Morgan fingerprint density at radius 3 is 2.92 bits per heavy atom. The largest absolute Gasteiger partial charge is 0.356 e. The van der Waals surface area contributed by atoms with E-state index < -0.39 is 0 Å². The van der Waals surface area contributed by atoms with Crippen LogP contribution in [0.3, 0.4) is 0 Å². The van der Waals surface area contributed by atoms with Gasteiger partial charge in [-0.2, -0.15) is 0 Å². The summed E-state index contributed by atoms with van der Waals surface area (Å²) in [5, 5.41) is 3.53. The molecule has 1 aliphatic carbocycles. The summed E-state index contributed by atoms with van der Waals surface area (Å²) in [7, 11) is 1.89. The van der Waals surface area contributed by atoms with Crippen LogP contribution in [0.25, 0.3) is 5.65 Å². The summed E-state index contributed by atoms with van der Waals surface area (Å²) in [5.41, 5.74) is 4.01. The highest BCUT2D eigenvalue weighted by Gasteiger charge is 2.43. The van der Waals surface area contributed by atoms with Crippen LogP contribution in [0.2, 0.25) is 0 Å². The van der Waals surface area contributed by atoms with Gasteiger partial charge in [0.05, 0.1) is 5.69 Å². The molecule has 4 rings (SSSR count). The zero-order valence-corrected chi connectivity index (χ0v) is 14.8. The molecule has 128 valence electrons. The molecule has 1 spiro atoms. The van der Waals surface area contributed by atoms with Crippen LogP contribution in [0.15, 0.2) is 29.5 Å². The number of fused-ring (bicyclic) bond motifs is 1. The lowest BCUT2D eigenvalue weighted by molar-refractivity contribution is 0.151. The van der Waals surface area contributed by atoms with Gasteiger partial charge in [0.15, 0.2) is 5.96 Å². The molecular formula is C19H27N5. The fraction of sp³-hybridized carbons (Fsp3) is 0.579. The third-order valence-corrected chi connectivity index (χ3v) is 5.76. The SMILES string of the molecule is CN=C(NCCc1cn2cccc(C)c2n1)N1CCC2(CCC2)C1. The van der Waals surface area contributed by atoms with Gasteiger partial charge >= 0.3 is 0 Å². The van der Waals surface area contributed by atoms with Crippen LogP contribution in [-0.4, -0.2) is 46.9 Å². The molecule has 1 aliphatic heterocycles. The number of nitrogens with one attached hydrogen (secondary N) is 1. The first-order valence-corrected chi connectivity index (χ1v) is 9.08. The highest BCUT2D eigenvalue weighted by molar-refractivity contribution is 5.80. The smallest absolute Gasteiger partial charge is 0.193 e. The number of hydrogen-bond acceptors (Lipinski definition) is 2. The minimum Gasteiger partial charge on any atom is -0.356 e. The fourth-order valence-electron chi connectivity index (χ4n) is 4.16. The van der Waals surface area contributed by atoms with E-state index in [9.17, 15) is 0 Å². The molecule has 2 aromatic rings. The number of nitrogens with zero attached hydrogens (tertiary/aromatic N) is 4. The average molecular weight is 325 g/mol. The highest BCUT2D eigenvalue weighted by Crippen LogP contribution is 2.47. The van der Waals surface area contributed by atoms with Gasteiger partial charge in [-0.25, -0.2) is 4.98 Å². The van der Waals surface area contributed by atoms with Gasteiger partial charge in [-0.1, -0.05) is 12.5 Å². The van der Waals surface area contributed by atoms with Crippen LogP contribution < -0.4 is 5.32 Å². The molecule has 3 heterocycles. The zero-order valence-electron chi connectivity index (χ0n) is 14.8. The first kappa shape index (κ1) is 15.5. The third-order valence-electron chi connectivity index (χ3n) is 5.76. The van der Waals surface area contributed by atoms with Crippen molar-refractivity contribution in [3.63, 3.8) is 0 Å². The van der Waals surface area contributed by atoms with Crippen molar-refractivity contribution < 1.29 is 0 Å². The molecule has 24 heavy (non-hydrogen) atoms. The topological polar surface area (TPSA) is 44.9 Å². The van der Waals surface area contributed by atoms with Gasteiger partial charge in [0.2, 0.25) is 0 Å². The van der Waals surface area contributed by atoms with E-state index in [4.69, 9.17) is 4.98 Å². The van der Waals surface area contributed by atoms with Gasteiger partial charge in [-0.3, -0.25) is 4.99 Å². The second-order valence-electron chi connectivity index (χ2n) is 7.40. The van der Waals surface area contributed by atoms with Crippen molar-refractivity contribution in [3.8, 4) is 0 Å². The maximum atomic E-state index is 4.75. The van der Waals surface area contributed by atoms with Crippen molar-refractivity contribution in [2.45, 2.75) is 39.0 Å². The van der Waals surface area contributed by atoms with Crippen LogP contribution in [0.4, 0.5) is 0 Å². The Bertz CT molecular complexity index is 756. The molecule has 2 fully saturated rings. The molecule has 0 bridgehead atoms. The normalized spacial score (nSPS) is 19.9. The number of hydrogen-bond donors (Lipinski definition) is 1. The van der Waals surface area contributed by atoms with Crippen molar-refractivity contribution in [2.75, 3.05) is 26.7 Å². The number of likely N-dealkylation sites (tertiary alicyclic amines) is 1. The van der Waals surface area contributed by atoms with Gasteiger partial charge < -0.3 is 14.6 Å². The average Bonchev–Trinajstić information content (AvgIpc) is 3.16. The van der Waals surface area contributed by atoms with Crippen molar-refractivity contribution >= 4 is 11.6 Å². The van der Waals surface area contributed by atoms with E-state index >= 15 is 0 Å². The number of guanidine groups is 1. The molecule has 5 heteroatoms. The minimum atomic E-state index is 0.608. The zero-order chi connectivity index (χ0) is 16.6. The molecular weight excluding hydrogens is 298 g/mol. The summed E-state index contributed by atoms with van der Waals surface area (Å²) in [5.74, 6) is 1.05. The van der Waals surface area contributed by atoms with E-state index in [-0.39, 0.29) is 0 Å². The molecule has 5 nitrogen and oxygen atoms in total. The molecule has 0 unspecified atom stereocenters. The summed E-state index contributed by atoms with van der Waals surface area (Å²) in [6.45, 7) is 5.31. The predicted octanol–water partition coefficient (Wildman–Crippen LogP) is 2.64. The Morgan fingerprint density at radius 1 is 1.38 bits per heavy atom. The van der Waals surface area contributed by atoms with Crippen molar-refractivity contribution in [1.82, 2.24) is 19.6 Å². The van der Waals surface area contributed by atoms with E-state index in [0.717, 1.165) is 36.8 Å². The lowest BCUT2D eigenvalue weighted by Crippen LogP contribution is -2.43.